The maximum absolute atomic E-state index is 13.1. The van der Waals surface area contributed by atoms with E-state index < -0.39 is 29.9 Å². The Hall–Kier alpha value is -6.08. The van der Waals surface area contributed by atoms with Crippen LogP contribution in [-0.2, 0) is 24.6 Å². The third-order valence-corrected chi connectivity index (χ3v) is 9.21. The first-order valence-electron chi connectivity index (χ1n) is 16.9. The summed E-state index contributed by atoms with van der Waals surface area (Å²) < 4.78 is 14.3. The van der Waals surface area contributed by atoms with Crippen LogP contribution in [0, 0.1) is 0 Å². The molecular weight excluding hydrogens is 660 g/mol. The van der Waals surface area contributed by atoms with Crippen molar-refractivity contribution in [2.75, 3.05) is 25.0 Å². The van der Waals surface area contributed by atoms with Crippen molar-refractivity contribution in [3.05, 3.63) is 156 Å². The van der Waals surface area contributed by atoms with Gasteiger partial charge < -0.3 is 24.7 Å². The fraction of sp³-hybridized carbons (Fsp3) is 0.200. The predicted octanol–water partition coefficient (Wildman–Crippen LogP) is 5.33. The third kappa shape index (κ3) is 6.82. The van der Waals surface area contributed by atoms with Crippen molar-refractivity contribution >= 4 is 35.1 Å². The number of anilines is 1. The first-order chi connectivity index (χ1) is 25.5. The van der Waals surface area contributed by atoms with Gasteiger partial charge in [-0.3, -0.25) is 14.3 Å². The van der Waals surface area contributed by atoms with Gasteiger partial charge in [0.1, 0.15) is 18.8 Å². The van der Waals surface area contributed by atoms with Crippen LogP contribution in [0.2, 0.25) is 0 Å². The molecule has 7 rings (SSSR count). The molecule has 1 saturated heterocycles. The van der Waals surface area contributed by atoms with Crippen LogP contribution in [0.15, 0.2) is 134 Å². The number of carbonyl (C=O) groups excluding carboxylic acids is 2. The van der Waals surface area contributed by atoms with E-state index in [0.717, 1.165) is 16.7 Å². The second-order valence-electron chi connectivity index (χ2n) is 12.4. The molecule has 1 unspecified atom stereocenters. The molecule has 1 aliphatic rings. The zero-order valence-corrected chi connectivity index (χ0v) is 28.1. The molecule has 12 heteroatoms. The highest BCUT2D eigenvalue weighted by Gasteiger charge is 2.46. The van der Waals surface area contributed by atoms with Crippen LogP contribution >= 0.6 is 0 Å². The summed E-state index contributed by atoms with van der Waals surface area (Å²) in [7, 11) is 0. The van der Waals surface area contributed by atoms with Crippen molar-refractivity contribution < 1.29 is 29.0 Å². The lowest BCUT2D eigenvalue weighted by atomic mass is 9.75. The van der Waals surface area contributed by atoms with Gasteiger partial charge in [-0.15, -0.1) is 0 Å². The molecule has 0 spiro atoms. The summed E-state index contributed by atoms with van der Waals surface area (Å²) in [6, 6.07) is 39.4. The van der Waals surface area contributed by atoms with Gasteiger partial charge in [0, 0.05) is 25.1 Å². The smallest absolute Gasteiger partial charge is 0.333 e. The highest BCUT2D eigenvalue weighted by atomic mass is 16.6. The van der Waals surface area contributed by atoms with E-state index in [1.807, 2.05) is 60.7 Å². The summed E-state index contributed by atoms with van der Waals surface area (Å²) in [5.41, 5.74) is 3.48. The van der Waals surface area contributed by atoms with E-state index in [1.54, 1.807) is 35.2 Å². The van der Waals surface area contributed by atoms with E-state index >= 15 is 0 Å². The molecule has 0 bridgehead atoms. The van der Waals surface area contributed by atoms with Crippen LogP contribution in [0.1, 0.15) is 39.7 Å². The fourth-order valence-corrected chi connectivity index (χ4v) is 6.90. The average Bonchev–Trinajstić information content (AvgIpc) is 3.64. The van der Waals surface area contributed by atoms with Gasteiger partial charge in [-0.1, -0.05) is 109 Å². The number of carbonyl (C=O) groups is 3. The van der Waals surface area contributed by atoms with Gasteiger partial charge in [-0.2, -0.15) is 0 Å². The lowest BCUT2D eigenvalue weighted by Gasteiger charge is -2.50. The lowest BCUT2D eigenvalue weighted by molar-refractivity contribution is -0.172. The molecule has 2 aromatic heterocycles. The highest BCUT2D eigenvalue weighted by Crippen LogP contribution is 2.45. The summed E-state index contributed by atoms with van der Waals surface area (Å²) in [5, 5.41) is 12.6. The van der Waals surface area contributed by atoms with Crippen molar-refractivity contribution in [3.63, 3.8) is 0 Å². The maximum atomic E-state index is 13.1. The van der Waals surface area contributed by atoms with Gasteiger partial charge in [0.15, 0.2) is 23.1 Å². The number of hydrogen-bond acceptors (Lipinski definition) is 9. The predicted molar refractivity (Wildman–Crippen MR) is 192 cm³/mol. The van der Waals surface area contributed by atoms with E-state index in [2.05, 4.69) is 61.6 Å². The van der Waals surface area contributed by atoms with E-state index in [4.69, 9.17) is 9.47 Å². The molecule has 0 aliphatic carbocycles. The number of nitrogens with zero attached hydrogens (tertiary/aromatic N) is 5. The zero-order chi connectivity index (χ0) is 35.9. The molecule has 3 heterocycles. The second-order valence-corrected chi connectivity index (χ2v) is 12.4. The first-order valence-corrected chi connectivity index (χ1v) is 16.9. The van der Waals surface area contributed by atoms with Crippen molar-refractivity contribution in [2.45, 2.75) is 30.4 Å². The summed E-state index contributed by atoms with van der Waals surface area (Å²) in [6.07, 6.45) is 0.523. The molecule has 3 atom stereocenters. The molecule has 6 aromatic rings. The van der Waals surface area contributed by atoms with E-state index in [1.165, 1.54) is 6.33 Å². The molecule has 0 saturated carbocycles. The molecule has 12 nitrogen and oxygen atoms in total. The van der Waals surface area contributed by atoms with Crippen molar-refractivity contribution in [3.8, 4) is 0 Å². The summed E-state index contributed by atoms with van der Waals surface area (Å²) in [4.78, 5) is 52.1. The number of hydrogen-bond donors (Lipinski definition) is 2. The number of amides is 1. The van der Waals surface area contributed by atoms with Crippen LogP contribution < -0.4 is 5.32 Å². The first kappa shape index (κ1) is 34.4. The molecule has 0 radical (unpaired) electrons. The number of carboxylic acids is 1. The molecule has 2 N–H and O–H groups in total. The Morgan fingerprint density at radius 2 is 1.42 bits per heavy atom. The molecule has 52 heavy (non-hydrogen) atoms. The van der Waals surface area contributed by atoms with Crippen LogP contribution in [0.25, 0.3) is 11.2 Å². The minimum atomic E-state index is -1.32. The fourth-order valence-electron chi connectivity index (χ4n) is 6.90. The molecule has 262 valence electrons. The van der Waals surface area contributed by atoms with Crippen molar-refractivity contribution in [1.82, 2.24) is 24.4 Å². The quantitative estimate of drug-likeness (QED) is 0.120. The van der Waals surface area contributed by atoms with Crippen LogP contribution in [-0.4, -0.2) is 79.6 Å². The SMILES string of the molecule is O=CCC(OC[C@@H]1CN(C(c2ccccc2)(c2ccccc2)c2ccccc2)C[C@H](n2cnc3c(NC(=O)c4ccccc4)ncnc32)O1)C(=O)O. The molecule has 1 amide bonds. The third-order valence-electron chi connectivity index (χ3n) is 9.21. The Kier molecular flexibility index (Phi) is 10.2. The normalized spacial score (nSPS) is 17.0. The largest absolute Gasteiger partial charge is 0.479 e. The Labute approximate surface area is 299 Å². The van der Waals surface area contributed by atoms with Gasteiger partial charge in [0.05, 0.1) is 24.6 Å². The number of benzene rings is 4. The Balaban J connectivity index is 1.33. The average molecular weight is 697 g/mol. The summed E-state index contributed by atoms with van der Waals surface area (Å²) >= 11 is 0. The zero-order valence-electron chi connectivity index (χ0n) is 28.1. The minimum absolute atomic E-state index is 0.105. The molecule has 4 aromatic carbocycles. The standard InChI is InChI=1S/C40H36N6O6/c47-22-21-33(39(49)50)51-25-32-23-45(40(29-15-7-2-8-16-29,30-17-9-3-10-18-30)31-19-11-4-12-20-31)24-34(52-32)46-27-43-35-36(41-26-42-37(35)46)44-38(48)28-13-5-1-6-14-28/h1-20,22,26-27,32-34H,21,23-25H2,(H,49,50)(H,41,42,44,48)/t32-,33?,34+/m0/s1. The Morgan fingerprint density at radius 3 is 1.98 bits per heavy atom. The summed E-state index contributed by atoms with van der Waals surface area (Å²) in [6.45, 7) is 0.571. The van der Waals surface area contributed by atoms with Gasteiger partial charge in [-0.25, -0.2) is 19.7 Å². The van der Waals surface area contributed by atoms with Crippen LogP contribution in [0.3, 0.4) is 0 Å². The number of imidazole rings is 1. The summed E-state index contributed by atoms with van der Waals surface area (Å²) in [5.74, 6) is -1.32. The number of nitrogens with one attached hydrogen (secondary N) is 1. The minimum Gasteiger partial charge on any atom is -0.479 e. The van der Waals surface area contributed by atoms with Gasteiger partial charge in [0.25, 0.3) is 5.91 Å². The van der Waals surface area contributed by atoms with Crippen LogP contribution in [0.5, 0.6) is 0 Å². The van der Waals surface area contributed by atoms with E-state index in [9.17, 15) is 19.5 Å². The number of morpholine rings is 1. The Bertz CT molecular complexity index is 2040. The molecule has 1 aliphatic heterocycles. The second kappa shape index (κ2) is 15.4. The van der Waals surface area contributed by atoms with Crippen molar-refractivity contribution in [2.24, 2.45) is 0 Å². The topological polar surface area (TPSA) is 149 Å². The van der Waals surface area contributed by atoms with E-state index in [0.29, 0.717) is 36.1 Å². The number of aldehydes is 1. The lowest BCUT2D eigenvalue weighted by Crippen LogP contribution is -2.57. The number of aliphatic carboxylic acids is 1. The van der Waals surface area contributed by atoms with Crippen molar-refractivity contribution in [1.29, 1.82) is 0 Å². The molecular formula is C40H36N6O6. The highest BCUT2D eigenvalue weighted by molar-refractivity contribution is 6.06. The van der Waals surface area contributed by atoms with Crippen LogP contribution in [0.4, 0.5) is 5.82 Å². The maximum Gasteiger partial charge on any atom is 0.333 e. The number of rotatable bonds is 13. The monoisotopic (exact) mass is 696 g/mol. The number of aromatic nitrogens is 4. The number of fused-ring (bicyclic) bond motifs is 1. The van der Waals surface area contributed by atoms with Gasteiger partial charge in [0.2, 0.25) is 0 Å². The van der Waals surface area contributed by atoms with Gasteiger partial charge >= 0.3 is 5.97 Å². The Morgan fingerprint density at radius 1 is 0.846 bits per heavy atom. The molecule has 1 fully saturated rings. The van der Waals surface area contributed by atoms with Gasteiger partial charge in [-0.05, 0) is 28.8 Å². The number of carboxylic acid groups (broad SMARTS) is 1. The van der Waals surface area contributed by atoms with E-state index in [-0.39, 0.29) is 24.8 Å². The number of ether oxygens (including phenoxy) is 2.